The quantitative estimate of drug-likeness (QED) is 0.0348. The van der Waals surface area contributed by atoms with Crippen LogP contribution in [-0.2, 0) is 28.6 Å². The van der Waals surface area contributed by atoms with Crippen molar-refractivity contribution in [2.45, 2.75) is 272 Å². The fourth-order valence-corrected chi connectivity index (χ4v) is 7.25. The van der Waals surface area contributed by atoms with E-state index in [1.807, 2.05) is 0 Å². The molecule has 0 aromatic heterocycles. The summed E-state index contributed by atoms with van der Waals surface area (Å²) in [7, 11) is 0. The SMILES string of the molecule is CCCCCCCC(=O)O[C@@H](COC(=O)CCCCCCCCCCCCCCCCCCCCC(C)CC)COC(=O)CCCCCCCCCC(C)C. The summed E-state index contributed by atoms with van der Waals surface area (Å²) >= 11 is 0. The molecule has 0 saturated heterocycles. The van der Waals surface area contributed by atoms with Gasteiger partial charge in [-0.15, -0.1) is 0 Å². The molecule has 0 aromatic carbocycles. The lowest BCUT2D eigenvalue weighted by molar-refractivity contribution is -0.167. The first-order valence-electron chi connectivity index (χ1n) is 24.3. The van der Waals surface area contributed by atoms with Crippen molar-refractivity contribution in [1.82, 2.24) is 0 Å². The van der Waals surface area contributed by atoms with Crippen LogP contribution >= 0.6 is 0 Å². The Balaban J connectivity index is 4.00. The van der Waals surface area contributed by atoms with Gasteiger partial charge in [-0.1, -0.05) is 227 Å². The normalized spacial score (nSPS) is 12.5. The van der Waals surface area contributed by atoms with Crippen LogP contribution in [0.4, 0.5) is 0 Å². The average Bonchev–Trinajstić information content (AvgIpc) is 3.17. The first-order valence-corrected chi connectivity index (χ1v) is 24.3. The topological polar surface area (TPSA) is 78.9 Å². The van der Waals surface area contributed by atoms with Gasteiger partial charge in [0.25, 0.3) is 0 Å². The van der Waals surface area contributed by atoms with Crippen molar-refractivity contribution in [3.63, 3.8) is 0 Å². The maximum absolute atomic E-state index is 12.5. The van der Waals surface area contributed by atoms with Gasteiger partial charge in [0.1, 0.15) is 13.2 Å². The van der Waals surface area contributed by atoms with Crippen molar-refractivity contribution >= 4 is 17.9 Å². The van der Waals surface area contributed by atoms with Crippen LogP contribution in [0.2, 0.25) is 0 Å². The molecule has 0 heterocycles. The number of hydrogen-bond acceptors (Lipinski definition) is 6. The van der Waals surface area contributed by atoms with Crippen molar-refractivity contribution in [3.8, 4) is 0 Å². The molecule has 0 bridgehead atoms. The molecule has 0 amide bonds. The smallest absolute Gasteiger partial charge is 0.306 e. The molecule has 0 spiro atoms. The molecule has 0 N–H and O–H groups in total. The molecule has 0 rings (SSSR count). The van der Waals surface area contributed by atoms with E-state index >= 15 is 0 Å². The van der Waals surface area contributed by atoms with Gasteiger partial charge in [0, 0.05) is 19.3 Å². The summed E-state index contributed by atoms with van der Waals surface area (Å²) in [5, 5.41) is 0. The summed E-state index contributed by atoms with van der Waals surface area (Å²) in [6.45, 7) is 11.3. The van der Waals surface area contributed by atoms with Crippen LogP contribution in [0.1, 0.15) is 266 Å². The lowest BCUT2D eigenvalue weighted by atomic mass is 9.99. The molecule has 1 unspecified atom stereocenters. The zero-order valence-electron chi connectivity index (χ0n) is 37.6. The number of carbonyl (C=O) groups is 3. The summed E-state index contributed by atoms with van der Waals surface area (Å²) in [6, 6.07) is 0. The Labute approximate surface area is 342 Å². The van der Waals surface area contributed by atoms with Gasteiger partial charge in [0.15, 0.2) is 6.10 Å². The fourth-order valence-electron chi connectivity index (χ4n) is 7.25. The van der Waals surface area contributed by atoms with Gasteiger partial charge >= 0.3 is 17.9 Å². The number of esters is 3. The maximum atomic E-state index is 12.5. The Bertz CT molecular complexity index is 841. The molecule has 6 nitrogen and oxygen atoms in total. The average molecular weight is 779 g/mol. The van der Waals surface area contributed by atoms with E-state index in [0.717, 1.165) is 76.0 Å². The number of rotatable bonds is 43. The van der Waals surface area contributed by atoms with E-state index in [9.17, 15) is 14.4 Å². The van der Waals surface area contributed by atoms with Gasteiger partial charge < -0.3 is 14.2 Å². The van der Waals surface area contributed by atoms with Gasteiger partial charge in [-0.25, -0.2) is 0 Å². The van der Waals surface area contributed by atoms with Crippen LogP contribution in [0.3, 0.4) is 0 Å². The molecule has 55 heavy (non-hydrogen) atoms. The van der Waals surface area contributed by atoms with Gasteiger partial charge in [0.05, 0.1) is 0 Å². The molecule has 6 heteroatoms. The van der Waals surface area contributed by atoms with Crippen molar-refractivity contribution in [1.29, 1.82) is 0 Å². The summed E-state index contributed by atoms with van der Waals surface area (Å²) < 4.78 is 16.6. The Hall–Kier alpha value is -1.59. The standard InChI is InChI=1S/C49H94O6/c1-6-8-9-27-36-41-49(52)55-46(43-54-48(51)40-35-31-26-22-23-28-32-37-44(3)4)42-53-47(50)39-34-30-25-21-19-17-15-13-11-10-12-14-16-18-20-24-29-33-38-45(5)7-2/h44-46H,6-43H2,1-5H3/t45?,46-/m0/s1. The van der Waals surface area contributed by atoms with Crippen molar-refractivity contribution < 1.29 is 28.6 Å². The minimum atomic E-state index is -0.759. The second-order valence-corrected chi connectivity index (χ2v) is 17.5. The molecule has 2 atom stereocenters. The predicted octanol–water partition coefficient (Wildman–Crippen LogP) is 15.4. The van der Waals surface area contributed by atoms with Gasteiger partial charge in [0.2, 0.25) is 0 Å². The molecule has 326 valence electrons. The summed E-state index contributed by atoms with van der Waals surface area (Å²) in [4.78, 5) is 37.4. The van der Waals surface area contributed by atoms with Crippen molar-refractivity contribution in [3.05, 3.63) is 0 Å². The number of carbonyl (C=O) groups excluding carboxylic acids is 3. The summed E-state index contributed by atoms with van der Waals surface area (Å²) in [5.74, 6) is 0.820. The van der Waals surface area contributed by atoms with Crippen LogP contribution < -0.4 is 0 Å². The highest BCUT2D eigenvalue weighted by atomic mass is 16.6. The van der Waals surface area contributed by atoms with Gasteiger partial charge in [-0.2, -0.15) is 0 Å². The molecule has 0 saturated carbocycles. The number of unbranched alkanes of at least 4 members (excludes halogenated alkanes) is 27. The Morgan fingerprint density at radius 2 is 0.691 bits per heavy atom. The molecular formula is C49H94O6. The second kappa shape index (κ2) is 42.0. The summed E-state index contributed by atoms with van der Waals surface area (Å²) in [6.07, 6.45) is 41.4. The molecule has 0 aliphatic heterocycles. The summed E-state index contributed by atoms with van der Waals surface area (Å²) in [5.41, 5.74) is 0. The third-order valence-corrected chi connectivity index (χ3v) is 11.3. The Morgan fingerprint density at radius 1 is 0.382 bits per heavy atom. The van der Waals surface area contributed by atoms with Crippen LogP contribution in [-0.4, -0.2) is 37.2 Å². The van der Waals surface area contributed by atoms with E-state index < -0.39 is 6.10 Å². The molecule has 0 aliphatic rings. The van der Waals surface area contributed by atoms with E-state index in [-0.39, 0.29) is 31.1 Å². The minimum Gasteiger partial charge on any atom is -0.462 e. The van der Waals surface area contributed by atoms with Gasteiger partial charge in [-0.3, -0.25) is 14.4 Å². The van der Waals surface area contributed by atoms with E-state index in [1.54, 1.807) is 0 Å². The van der Waals surface area contributed by atoms with Crippen molar-refractivity contribution in [2.75, 3.05) is 13.2 Å². The Kier molecular flexibility index (Phi) is 40.8. The molecule has 0 radical (unpaired) electrons. The van der Waals surface area contributed by atoms with Crippen LogP contribution in [0.5, 0.6) is 0 Å². The van der Waals surface area contributed by atoms with Crippen LogP contribution in [0.25, 0.3) is 0 Å². The highest BCUT2D eigenvalue weighted by Crippen LogP contribution is 2.18. The largest absolute Gasteiger partial charge is 0.462 e. The first-order chi connectivity index (χ1) is 26.8. The van der Waals surface area contributed by atoms with E-state index in [2.05, 4.69) is 34.6 Å². The van der Waals surface area contributed by atoms with Crippen LogP contribution in [0, 0.1) is 11.8 Å². The predicted molar refractivity (Wildman–Crippen MR) is 233 cm³/mol. The first kappa shape index (κ1) is 53.4. The van der Waals surface area contributed by atoms with Crippen molar-refractivity contribution in [2.24, 2.45) is 11.8 Å². The molecular weight excluding hydrogens is 685 g/mol. The minimum absolute atomic E-state index is 0.0662. The zero-order chi connectivity index (χ0) is 40.5. The molecule has 0 fully saturated rings. The monoisotopic (exact) mass is 779 g/mol. The Morgan fingerprint density at radius 3 is 1.04 bits per heavy atom. The zero-order valence-corrected chi connectivity index (χ0v) is 37.6. The highest BCUT2D eigenvalue weighted by Gasteiger charge is 2.19. The highest BCUT2D eigenvalue weighted by molar-refractivity contribution is 5.71. The van der Waals surface area contributed by atoms with E-state index in [1.165, 1.54) is 148 Å². The molecule has 0 aliphatic carbocycles. The van der Waals surface area contributed by atoms with E-state index in [4.69, 9.17) is 14.2 Å². The second-order valence-electron chi connectivity index (χ2n) is 17.5. The number of hydrogen-bond donors (Lipinski definition) is 0. The van der Waals surface area contributed by atoms with Gasteiger partial charge in [-0.05, 0) is 31.1 Å². The third kappa shape index (κ3) is 41.9. The number of ether oxygens (including phenoxy) is 3. The van der Waals surface area contributed by atoms with Crippen LogP contribution in [0.15, 0.2) is 0 Å². The lowest BCUT2D eigenvalue weighted by Gasteiger charge is -2.18. The fraction of sp³-hybridized carbons (Fsp3) is 0.939. The van der Waals surface area contributed by atoms with E-state index in [0.29, 0.717) is 19.3 Å². The molecule has 0 aromatic rings. The maximum Gasteiger partial charge on any atom is 0.306 e. The lowest BCUT2D eigenvalue weighted by Crippen LogP contribution is -2.30. The third-order valence-electron chi connectivity index (χ3n) is 11.3.